The van der Waals surface area contributed by atoms with Crippen LogP contribution in [0.25, 0.3) is 0 Å². The summed E-state index contributed by atoms with van der Waals surface area (Å²) in [6, 6.07) is 3.22. The molecular weight excluding hydrogens is 287 g/mol. The third kappa shape index (κ3) is 3.62. The van der Waals surface area contributed by atoms with Crippen LogP contribution in [0.4, 0.5) is 13.2 Å². The van der Waals surface area contributed by atoms with Gasteiger partial charge in [-0.25, -0.2) is 0 Å². The molecule has 0 amide bonds. The molecule has 0 radical (unpaired) electrons. The number of thiocarbonyl (C=S) groups is 1. The van der Waals surface area contributed by atoms with Crippen LogP contribution >= 0.6 is 12.2 Å². The second kappa shape index (κ2) is 5.99. The lowest BCUT2D eigenvalue weighted by Crippen LogP contribution is -2.17. The van der Waals surface area contributed by atoms with Crippen LogP contribution in [-0.2, 0) is 6.18 Å². The van der Waals surface area contributed by atoms with Crippen molar-refractivity contribution in [1.29, 1.82) is 0 Å². The molecule has 110 valence electrons. The van der Waals surface area contributed by atoms with Gasteiger partial charge in [-0.05, 0) is 30.5 Å². The van der Waals surface area contributed by atoms with Gasteiger partial charge in [-0.3, -0.25) is 0 Å². The first-order valence-corrected chi connectivity index (χ1v) is 6.92. The molecule has 0 aliphatic heterocycles. The molecule has 1 aromatic rings. The maximum Gasteiger partial charge on any atom is 0.416 e. The Morgan fingerprint density at radius 3 is 2.55 bits per heavy atom. The molecule has 0 bridgehead atoms. The van der Waals surface area contributed by atoms with Gasteiger partial charge in [0, 0.05) is 0 Å². The number of hydrogen-bond donors (Lipinski definition) is 1. The van der Waals surface area contributed by atoms with Crippen molar-refractivity contribution in [3.8, 4) is 5.75 Å². The van der Waals surface area contributed by atoms with E-state index in [2.05, 4.69) is 0 Å². The van der Waals surface area contributed by atoms with E-state index in [0.717, 1.165) is 18.6 Å². The number of halogens is 3. The van der Waals surface area contributed by atoms with Crippen LogP contribution in [0.15, 0.2) is 18.2 Å². The summed E-state index contributed by atoms with van der Waals surface area (Å²) in [5.74, 6) is 1.00. The van der Waals surface area contributed by atoms with Crippen molar-refractivity contribution in [2.24, 2.45) is 11.7 Å². The van der Waals surface area contributed by atoms with E-state index in [1.807, 2.05) is 0 Å². The summed E-state index contributed by atoms with van der Waals surface area (Å²) in [7, 11) is 0. The third-order valence-electron chi connectivity index (χ3n) is 3.58. The highest BCUT2D eigenvalue weighted by molar-refractivity contribution is 7.80. The van der Waals surface area contributed by atoms with Crippen molar-refractivity contribution >= 4 is 17.2 Å². The fraction of sp³-hybridized carbons (Fsp3) is 0.500. The topological polar surface area (TPSA) is 35.2 Å². The van der Waals surface area contributed by atoms with Gasteiger partial charge in [0.2, 0.25) is 0 Å². The van der Waals surface area contributed by atoms with Gasteiger partial charge in [-0.1, -0.05) is 31.5 Å². The molecule has 2 rings (SSSR count). The molecule has 0 heterocycles. The van der Waals surface area contributed by atoms with Gasteiger partial charge in [0.05, 0.1) is 17.7 Å². The van der Waals surface area contributed by atoms with Gasteiger partial charge >= 0.3 is 6.18 Å². The second-order valence-electron chi connectivity index (χ2n) is 5.01. The van der Waals surface area contributed by atoms with Crippen molar-refractivity contribution in [3.63, 3.8) is 0 Å². The Morgan fingerprint density at radius 2 is 2.05 bits per heavy atom. The molecule has 1 saturated carbocycles. The Bertz CT molecular complexity index is 498. The molecule has 1 aliphatic rings. The summed E-state index contributed by atoms with van der Waals surface area (Å²) >= 11 is 4.80. The summed E-state index contributed by atoms with van der Waals surface area (Å²) in [5, 5.41) is 0. The number of benzene rings is 1. The van der Waals surface area contributed by atoms with E-state index >= 15 is 0 Å². The molecule has 20 heavy (non-hydrogen) atoms. The smallest absolute Gasteiger partial charge is 0.416 e. The normalized spacial score (nSPS) is 15.8. The Morgan fingerprint density at radius 1 is 1.35 bits per heavy atom. The largest absolute Gasteiger partial charge is 0.493 e. The Labute approximate surface area is 121 Å². The number of nitrogens with two attached hydrogens (primary N) is 1. The van der Waals surface area contributed by atoms with E-state index < -0.39 is 11.7 Å². The van der Waals surface area contributed by atoms with Crippen LogP contribution < -0.4 is 10.5 Å². The van der Waals surface area contributed by atoms with Crippen LogP contribution in [0.3, 0.4) is 0 Å². The van der Waals surface area contributed by atoms with Crippen LogP contribution in [0.1, 0.15) is 36.8 Å². The van der Waals surface area contributed by atoms with Gasteiger partial charge in [0.25, 0.3) is 0 Å². The van der Waals surface area contributed by atoms with Gasteiger partial charge in [0.15, 0.2) is 0 Å². The Kier molecular flexibility index (Phi) is 4.52. The lowest BCUT2D eigenvalue weighted by molar-refractivity contribution is -0.137. The van der Waals surface area contributed by atoms with Crippen LogP contribution in [-0.4, -0.2) is 11.6 Å². The minimum absolute atomic E-state index is 0.0882. The molecule has 0 saturated heterocycles. The maximum absolute atomic E-state index is 12.6. The molecule has 0 spiro atoms. The van der Waals surface area contributed by atoms with Crippen molar-refractivity contribution in [2.75, 3.05) is 6.61 Å². The van der Waals surface area contributed by atoms with Crippen LogP contribution in [0, 0.1) is 5.92 Å². The Balaban J connectivity index is 2.08. The standard InChI is InChI=1S/C14H16F3NOS/c15-14(16,17)10-4-5-12(11(8-10)13(18)20)19-7-6-9-2-1-3-9/h4-5,8-9H,1-3,6-7H2,(H2,18,20). The minimum atomic E-state index is -4.41. The first kappa shape index (κ1) is 15.1. The van der Waals surface area contributed by atoms with Gasteiger partial charge in [-0.15, -0.1) is 0 Å². The van der Waals surface area contributed by atoms with E-state index in [9.17, 15) is 13.2 Å². The van der Waals surface area contributed by atoms with Gasteiger partial charge < -0.3 is 10.5 Å². The van der Waals surface area contributed by atoms with E-state index in [1.165, 1.54) is 25.3 Å². The summed E-state index contributed by atoms with van der Waals surface area (Å²) in [5.41, 5.74) is 4.85. The van der Waals surface area contributed by atoms with E-state index in [1.54, 1.807) is 0 Å². The fourth-order valence-electron chi connectivity index (χ4n) is 2.14. The molecule has 1 fully saturated rings. The summed E-state index contributed by atoms with van der Waals surface area (Å²) in [6.07, 6.45) is 0.169. The van der Waals surface area contributed by atoms with Crippen molar-refractivity contribution in [3.05, 3.63) is 29.3 Å². The van der Waals surface area contributed by atoms with Crippen molar-refractivity contribution in [1.82, 2.24) is 0 Å². The molecule has 0 atom stereocenters. The first-order chi connectivity index (χ1) is 9.38. The molecule has 2 N–H and O–H groups in total. The zero-order valence-corrected chi connectivity index (χ0v) is 11.7. The first-order valence-electron chi connectivity index (χ1n) is 6.52. The molecule has 0 aromatic heterocycles. The second-order valence-corrected chi connectivity index (χ2v) is 5.45. The van der Waals surface area contributed by atoms with Crippen LogP contribution in [0.5, 0.6) is 5.75 Å². The molecule has 1 aromatic carbocycles. The van der Waals surface area contributed by atoms with E-state index in [-0.39, 0.29) is 10.6 Å². The molecule has 0 unspecified atom stereocenters. The quantitative estimate of drug-likeness (QED) is 0.838. The molecule has 6 heteroatoms. The zero-order valence-electron chi connectivity index (χ0n) is 10.9. The average Bonchev–Trinajstić information content (AvgIpc) is 2.31. The fourth-order valence-corrected chi connectivity index (χ4v) is 2.30. The SMILES string of the molecule is NC(=S)c1cc(C(F)(F)F)ccc1OCCC1CCC1. The zero-order chi connectivity index (χ0) is 14.8. The van der Waals surface area contributed by atoms with Crippen LogP contribution in [0.2, 0.25) is 0 Å². The lowest BCUT2D eigenvalue weighted by atomic mass is 9.83. The number of alkyl halides is 3. The number of hydrogen-bond acceptors (Lipinski definition) is 2. The van der Waals surface area contributed by atoms with Gasteiger partial charge in [0.1, 0.15) is 10.7 Å². The summed E-state index contributed by atoms with van der Waals surface area (Å²) in [4.78, 5) is -0.0882. The van der Waals surface area contributed by atoms with E-state index in [0.29, 0.717) is 18.3 Å². The third-order valence-corrected chi connectivity index (χ3v) is 3.80. The number of rotatable bonds is 5. The Hall–Kier alpha value is -1.30. The summed E-state index contributed by atoms with van der Waals surface area (Å²) in [6.45, 7) is 0.478. The maximum atomic E-state index is 12.6. The van der Waals surface area contributed by atoms with E-state index in [4.69, 9.17) is 22.7 Å². The number of ether oxygens (including phenoxy) is 1. The highest BCUT2D eigenvalue weighted by Crippen LogP contribution is 2.33. The monoisotopic (exact) mass is 303 g/mol. The lowest BCUT2D eigenvalue weighted by Gasteiger charge is -2.25. The molecule has 1 aliphatic carbocycles. The molecular formula is C14H16F3NOS. The highest BCUT2D eigenvalue weighted by Gasteiger charge is 2.31. The summed E-state index contributed by atoms with van der Waals surface area (Å²) < 4.78 is 43.5. The minimum Gasteiger partial charge on any atom is -0.493 e. The van der Waals surface area contributed by atoms with Gasteiger partial charge in [-0.2, -0.15) is 13.2 Å². The highest BCUT2D eigenvalue weighted by atomic mass is 32.1. The molecule has 2 nitrogen and oxygen atoms in total. The van der Waals surface area contributed by atoms with Crippen molar-refractivity contribution < 1.29 is 17.9 Å². The predicted molar refractivity (Wildman–Crippen MR) is 74.8 cm³/mol. The van der Waals surface area contributed by atoms with Crippen molar-refractivity contribution in [2.45, 2.75) is 31.9 Å². The predicted octanol–water partition coefficient (Wildman–Crippen LogP) is 3.91. The average molecular weight is 303 g/mol.